The first-order valence-electron chi connectivity index (χ1n) is 7.18. The van der Waals surface area contributed by atoms with Crippen molar-refractivity contribution in [2.75, 3.05) is 5.73 Å². The molecule has 0 bridgehead atoms. The van der Waals surface area contributed by atoms with Gasteiger partial charge in [-0.3, -0.25) is 4.68 Å². The maximum Gasteiger partial charge on any atom is 0.131 e. The molecule has 0 aliphatic carbocycles. The molecule has 2 N–H and O–H groups in total. The Labute approximate surface area is 120 Å². The predicted molar refractivity (Wildman–Crippen MR) is 82.6 cm³/mol. The van der Waals surface area contributed by atoms with Crippen LogP contribution in [0.5, 0.6) is 0 Å². The number of hydrogen-bond acceptors (Lipinski definition) is 3. The Morgan fingerprint density at radius 3 is 2.35 bits per heavy atom. The Bertz CT molecular complexity index is 613. The third-order valence-electron chi connectivity index (χ3n) is 3.51. The van der Waals surface area contributed by atoms with Gasteiger partial charge in [0.2, 0.25) is 0 Å². The smallest absolute Gasteiger partial charge is 0.131 e. The van der Waals surface area contributed by atoms with Crippen LogP contribution in [0.3, 0.4) is 0 Å². The summed E-state index contributed by atoms with van der Waals surface area (Å²) in [6.07, 6.45) is 2.89. The lowest BCUT2D eigenvalue weighted by Crippen LogP contribution is -2.14. The summed E-state index contributed by atoms with van der Waals surface area (Å²) in [4.78, 5) is 4.74. The Kier molecular flexibility index (Phi) is 3.63. The van der Waals surface area contributed by atoms with Gasteiger partial charge >= 0.3 is 0 Å². The number of rotatable bonds is 3. The van der Waals surface area contributed by atoms with Crippen LogP contribution in [0.25, 0.3) is 11.3 Å². The Hall–Kier alpha value is -1.78. The summed E-state index contributed by atoms with van der Waals surface area (Å²) in [6.45, 7) is 11.5. The maximum absolute atomic E-state index is 6.31. The van der Waals surface area contributed by atoms with Gasteiger partial charge in [0.15, 0.2) is 0 Å². The van der Waals surface area contributed by atoms with Crippen LogP contribution in [0.4, 0.5) is 5.82 Å². The second-order valence-corrected chi connectivity index (χ2v) is 6.17. The highest BCUT2D eigenvalue weighted by atomic mass is 15.3. The van der Waals surface area contributed by atoms with Crippen LogP contribution >= 0.6 is 0 Å². The van der Waals surface area contributed by atoms with Gasteiger partial charge in [-0.1, -0.05) is 27.7 Å². The van der Waals surface area contributed by atoms with Gasteiger partial charge in [-0.15, -0.1) is 0 Å². The quantitative estimate of drug-likeness (QED) is 0.937. The first-order valence-corrected chi connectivity index (χ1v) is 7.18. The minimum absolute atomic E-state index is 0.0363. The molecule has 0 spiro atoms. The van der Waals surface area contributed by atoms with Gasteiger partial charge in [0.25, 0.3) is 0 Å². The van der Waals surface area contributed by atoms with E-state index in [1.54, 1.807) is 0 Å². The minimum atomic E-state index is -0.0363. The number of nitrogens with zero attached hydrogens (tertiary/aromatic N) is 4. The van der Waals surface area contributed by atoms with Crippen LogP contribution in [0.15, 0.2) is 6.20 Å². The van der Waals surface area contributed by atoms with Gasteiger partial charge in [-0.2, -0.15) is 5.10 Å². The van der Waals surface area contributed by atoms with Crippen molar-refractivity contribution in [1.82, 2.24) is 19.3 Å². The molecule has 0 atom stereocenters. The second-order valence-electron chi connectivity index (χ2n) is 6.17. The fourth-order valence-electron chi connectivity index (χ4n) is 2.55. The standard InChI is InChI=1S/C15H25N5/c1-7-11-17-12(14(16)20(11)8-2)10-9-19(6)18-13(10)15(3,4)5/h9H,7-8,16H2,1-6H3. The zero-order valence-corrected chi connectivity index (χ0v) is 13.4. The number of nitrogen functional groups attached to an aromatic ring is 1. The summed E-state index contributed by atoms with van der Waals surface area (Å²) in [6, 6.07) is 0. The van der Waals surface area contributed by atoms with Crippen molar-refractivity contribution >= 4 is 5.82 Å². The fraction of sp³-hybridized carbons (Fsp3) is 0.600. The lowest BCUT2D eigenvalue weighted by Gasteiger charge is -2.17. The van der Waals surface area contributed by atoms with E-state index in [2.05, 4.69) is 44.3 Å². The molecule has 0 saturated carbocycles. The van der Waals surface area contributed by atoms with Crippen molar-refractivity contribution in [3.8, 4) is 11.3 Å². The molecule has 0 aliphatic heterocycles. The highest BCUT2D eigenvalue weighted by Gasteiger charge is 2.26. The van der Waals surface area contributed by atoms with E-state index < -0.39 is 0 Å². The van der Waals surface area contributed by atoms with Crippen LogP contribution in [0.2, 0.25) is 0 Å². The van der Waals surface area contributed by atoms with Crippen molar-refractivity contribution in [2.24, 2.45) is 7.05 Å². The molecule has 0 aliphatic rings. The third-order valence-corrected chi connectivity index (χ3v) is 3.51. The molecular weight excluding hydrogens is 250 g/mol. The number of aryl methyl sites for hydroxylation is 2. The number of imidazole rings is 1. The molecule has 2 rings (SSSR count). The van der Waals surface area contributed by atoms with Gasteiger partial charge in [0.1, 0.15) is 17.3 Å². The Balaban J connectivity index is 2.66. The van der Waals surface area contributed by atoms with E-state index in [1.165, 1.54) is 0 Å². The Morgan fingerprint density at radius 2 is 1.90 bits per heavy atom. The first-order chi connectivity index (χ1) is 9.29. The van der Waals surface area contributed by atoms with Crippen LogP contribution in [-0.2, 0) is 25.4 Å². The molecule has 0 unspecified atom stereocenters. The molecule has 5 nitrogen and oxygen atoms in total. The fourth-order valence-corrected chi connectivity index (χ4v) is 2.55. The van der Waals surface area contributed by atoms with E-state index in [9.17, 15) is 0 Å². The summed E-state index contributed by atoms with van der Waals surface area (Å²) >= 11 is 0. The van der Waals surface area contributed by atoms with Crippen molar-refractivity contribution in [3.63, 3.8) is 0 Å². The normalized spacial score (nSPS) is 12.1. The van der Waals surface area contributed by atoms with Crippen molar-refractivity contribution in [3.05, 3.63) is 17.7 Å². The highest BCUT2D eigenvalue weighted by molar-refractivity contribution is 5.73. The van der Waals surface area contributed by atoms with Crippen molar-refractivity contribution in [1.29, 1.82) is 0 Å². The molecule has 110 valence electrons. The van der Waals surface area contributed by atoms with E-state index in [0.717, 1.165) is 41.6 Å². The number of anilines is 1. The molecule has 0 fully saturated rings. The van der Waals surface area contributed by atoms with E-state index >= 15 is 0 Å². The SMILES string of the molecule is CCc1nc(-c2cn(C)nc2C(C)(C)C)c(N)n1CC. The average molecular weight is 275 g/mol. The van der Waals surface area contributed by atoms with Crippen LogP contribution < -0.4 is 5.73 Å². The highest BCUT2D eigenvalue weighted by Crippen LogP contribution is 2.34. The predicted octanol–water partition coefficient (Wildman–Crippen LogP) is 2.75. The minimum Gasteiger partial charge on any atom is -0.383 e. The summed E-state index contributed by atoms with van der Waals surface area (Å²) in [5.41, 5.74) is 9.21. The molecule has 2 heterocycles. The zero-order valence-electron chi connectivity index (χ0n) is 13.4. The van der Waals surface area contributed by atoms with Gasteiger partial charge in [-0.25, -0.2) is 4.98 Å². The average Bonchev–Trinajstić information content (AvgIpc) is 2.88. The molecular formula is C15H25N5. The van der Waals surface area contributed by atoms with E-state index in [1.807, 2.05) is 17.9 Å². The summed E-state index contributed by atoms with van der Waals surface area (Å²) in [5, 5.41) is 4.60. The number of hydrogen-bond donors (Lipinski definition) is 1. The topological polar surface area (TPSA) is 61.7 Å². The largest absolute Gasteiger partial charge is 0.383 e. The van der Waals surface area contributed by atoms with Gasteiger partial charge in [-0.05, 0) is 6.92 Å². The molecule has 0 radical (unpaired) electrons. The molecule has 0 amide bonds. The molecule has 20 heavy (non-hydrogen) atoms. The molecule has 2 aromatic rings. The van der Waals surface area contributed by atoms with Gasteiger partial charge in [0, 0.05) is 37.2 Å². The number of nitrogens with two attached hydrogens (primary N) is 1. The van der Waals surface area contributed by atoms with Crippen LogP contribution in [-0.4, -0.2) is 19.3 Å². The summed E-state index contributed by atoms with van der Waals surface area (Å²) in [7, 11) is 1.94. The van der Waals surface area contributed by atoms with E-state index in [0.29, 0.717) is 0 Å². The number of aromatic nitrogens is 4. The van der Waals surface area contributed by atoms with Crippen molar-refractivity contribution < 1.29 is 0 Å². The molecule has 5 heteroatoms. The van der Waals surface area contributed by atoms with Crippen molar-refractivity contribution in [2.45, 2.75) is 53.0 Å². The third kappa shape index (κ3) is 2.32. The summed E-state index contributed by atoms with van der Waals surface area (Å²) < 4.78 is 3.92. The lowest BCUT2D eigenvalue weighted by molar-refractivity contribution is 0.554. The monoisotopic (exact) mass is 275 g/mol. The van der Waals surface area contributed by atoms with Gasteiger partial charge in [0.05, 0.1) is 5.69 Å². The van der Waals surface area contributed by atoms with Gasteiger partial charge < -0.3 is 10.3 Å². The molecule has 2 aromatic heterocycles. The lowest BCUT2D eigenvalue weighted by atomic mass is 9.89. The maximum atomic E-state index is 6.31. The van der Waals surface area contributed by atoms with E-state index in [4.69, 9.17) is 10.7 Å². The van der Waals surface area contributed by atoms with E-state index in [-0.39, 0.29) is 5.41 Å². The molecule has 0 saturated heterocycles. The van der Waals surface area contributed by atoms with Crippen LogP contribution in [0.1, 0.15) is 46.1 Å². The zero-order chi connectivity index (χ0) is 15.1. The second kappa shape index (κ2) is 4.96. The first kappa shape index (κ1) is 14.6. The molecule has 0 aromatic carbocycles. The van der Waals surface area contributed by atoms with Crippen LogP contribution in [0, 0.1) is 0 Å². The Morgan fingerprint density at radius 1 is 1.25 bits per heavy atom. The summed E-state index contributed by atoms with van der Waals surface area (Å²) in [5.74, 6) is 1.77.